The molecule has 0 saturated carbocycles. The van der Waals surface area contributed by atoms with Crippen LogP contribution in [0.4, 0.5) is 0 Å². The van der Waals surface area contributed by atoms with Crippen LogP contribution in [0.25, 0.3) is 0 Å². The lowest BCUT2D eigenvalue weighted by Crippen LogP contribution is -2.14. The van der Waals surface area contributed by atoms with Gasteiger partial charge in [0.05, 0.1) is 0 Å². The first-order valence-corrected chi connectivity index (χ1v) is 7.23. The van der Waals surface area contributed by atoms with E-state index in [1.54, 1.807) is 6.07 Å². The van der Waals surface area contributed by atoms with Crippen molar-refractivity contribution >= 4 is 45.8 Å². The predicted molar refractivity (Wildman–Crippen MR) is 76.3 cm³/mol. The lowest BCUT2D eigenvalue weighted by atomic mass is 10.2. The van der Waals surface area contributed by atoms with Gasteiger partial charge in [0.25, 0.3) is 0 Å². The fourth-order valence-electron chi connectivity index (χ4n) is 1.23. The summed E-state index contributed by atoms with van der Waals surface area (Å²) in [6.45, 7) is 1.86. The first-order chi connectivity index (χ1) is 7.24. The Hall–Kier alpha value is 0.490. The molecule has 1 nitrogen and oxygen atoms in total. The standard InChI is InChI=1S/C11H14Cl2IN/c12-10-4-3-9(11(13)7-10)8-15-6-2-1-5-14/h3-4,7,15H,1-2,5-6,8H2. The number of halogens is 3. The fraction of sp³-hybridized carbons (Fsp3) is 0.455. The third-order valence-electron chi connectivity index (χ3n) is 2.07. The van der Waals surface area contributed by atoms with Crippen molar-refractivity contribution in [2.24, 2.45) is 0 Å². The summed E-state index contributed by atoms with van der Waals surface area (Å²) in [4.78, 5) is 0. The van der Waals surface area contributed by atoms with Gasteiger partial charge >= 0.3 is 0 Å². The molecule has 1 rings (SSSR count). The number of unbranched alkanes of at least 4 members (excludes halogenated alkanes) is 1. The van der Waals surface area contributed by atoms with Crippen LogP contribution in [-0.2, 0) is 6.54 Å². The maximum Gasteiger partial charge on any atom is 0.0465 e. The molecule has 0 aromatic heterocycles. The van der Waals surface area contributed by atoms with Gasteiger partial charge in [-0.05, 0) is 41.5 Å². The molecule has 0 aliphatic rings. The van der Waals surface area contributed by atoms with Crippen LogP contribution in [-0.4, -0.2) is 11.0 Å². The summed E-state index contributed by atoms with van der Waals surface area (Å²) in [7, 11) is 0. The average Bonchev–Trinajstić information content (AvgIpc) is 2.20. The second-order valence-corrected chi connectivity index (χ2v) is 5.23. The molecule has 0 amide bonds. The highest BCUT2D eigenvalue weighted by Crippen LogP contribution is 2.20. The number of benzene rings is 1. The van der Waals surface area contributed by atoms with Crippen LogP contribution in [0.1, 0.15) is 18.4 Å². The van der Waals surface area contributed by atoms with Crippen molar-refractivity contribution in [3.8, 4) is 0 Å². The second-order valence-electron chi connectivity index (χ2n) is 3.31. The third kappa shape index (κ3) is 5.38. The first-order valence-electron chi connectivity index (χ1n) is 4.94. The van der Waals surface area contributed by atoms with Crippen LogP contribution in [0, 0.1) is 0 Å². The number of hydrogen-bond acceptors (Lipinski definition) is 1. The highest BCUT2D eigenvalue weighted by Gasteiger charge is 2.00. The van der Waals surface area contributed by atoms with E-state index in [1.807, 2.05) is 12.1 Å². The Morgan fingerprint density at radius 2 is 2.00 bits per heavy atom. The van der Waals surface area contributed by atoms with E-state index in [-0.39, 0.29) is 0 Å². The van der Waals surface area contributed by atoms with Crippen molar-refractivity contribution in [1.82, 2.24) is 5.32 Å². The number of rotatable bonds is 6. The van der Waals surface area contributed by atoms with E-state index in [0.29, 0.717) is 5.02 Å². The Morgan fingerprint density at radius 1 is 1.20 bits per heavy atom. The van der Waals surface area contributed by atoms with E-state index in [1.165, 1.54) is 17.3 Å². The number of hydrogen-bond donors (Lipinski definition) is 1. The Balaban J connectivity index is 2.31. The smallest absolute Gasteiger partial charge is 0.0465 e. The van der Waals surface area contributed by atoms with E-state index in [4.69, 9.17) is 23.2 Å². The molecule has 0 radical (unpaired) electrons. The second kappa shape index (κ2) is 7.71. The van der Waals surface area contributed by atoms with Gasteiger partial charge in [0.15, 0.2) is 0 Å². The van der Waals surface area contributed by atoms with Crippen molar-refractivity contribution in [2.45, 2.75) is 19.4 Å². The molecular weight excluding hydrogens is 344 g/mol. The SMILES string of the molecule is Clc1ccc(CNCCCCI)c(Cl)c1. The highest BCUT2D eigenvalue weighted by molar-refractivity contribution is 14.1. The van der Waals surface area contributed by atoms with E-state index in [0.717, 1.165) is 23.7 Å². The molecule has 0 fully saturated rings. The zero-order valence-corrected chi connectivity index (χ0v) is 12.1. The zero-order valence-electron chi connectivity index (χ0n) is 8.40. The third-order valence-corrected chi connectivity index (χ3v) is 3.42. The summed E-state index contributed by atoms with van der Waals surface area (Å²) >= 11 is 14.3. The summed E-state index contributed by atoms with van der Waals surface area (Å²) in [5, 5.41) is 4.79. The Kier molecular flexibility index (Phi) is 6.97. The topological polar surface area (TPSA) is 12.0 Å². The molecule has 84 valence electrons. The van der Waals surface area contributed by atoms with Gasteiger partial charge < -0.3 is 5.32 Å². The van der Waals surface area contributed by atoms with Gasteiger partial charge in [-0.15, -0.1) is 0 Å². The van der Waals surface area contributed by atoms with Crippen LogP contribution in [0.2, 0.25) is 10.0 Å². The van der Waals surface area contributed by atoms with Gasteiger partial charge in [0, 0.05) is 16.6 Å². The monoisotopic (exact) mass is 357 g/mol. The molecular formula is C11H14Cl2IN. The minimum absolute atomic E-state index is 0.689. The van der Waals surface area contributed by atoms with Gasteiger partial charge in [0.2, 0.25) is 0 Å². The average molecular weight is 358 g/mol. The molecule has 0 saturated heterocycles. The number of alkyl halides is 1. The van der Waals surface area contributed by atoms with Gasteiger partial charge in [-0.2, -0.15) is 0 Å². The van der Waals surface area contributed by atoms with Gasteiger partial charge in [-0.25, -0.2) is 0 Å². The van der Waals surface area contributed by atoms with E-state index >= 15 is 0 Å². The minimum Gasteiger partial charge on any atom is -0.313 e. The summed E-state index contributed by atoms with van der Waals surface area (Å²) in [6, 6.07) is 5.62. The summed E-state index contributed by atoms with van der Waals surface area (Å²) < 4.78 is 1.22. The Labute approximate surface area is 115 Å². The van der Waals surface area contributed by atoms with E-state index < -0.39 is 0 Å². The summed E-state index contributed by atoms with van der Waals surface area (Å²) in [6.07, 6.45) is 2.48. The maximum absolute atomic E-state index is 6.04. The molecule has 4 heteroatoms. The van der Waals surface area contributed by atoms with Crippen LogP contribution in [0.3, 0.4) is 0 Å². The lowest BCUT2D eigenvalue weighted by molar-refractivity contribution is 0.646. The largest absolute Gasteiger partial charge is 0.313 e. The van der Waals surface area contributed by atoms with Gasteiger partial charge in [0.1, 0.15) is 0 Å². The van der Waals surface area contributed by atoms with Crippen LogP contribution in [0.15, 0.2) is 18.2 Å². The lowest BCUT2D eigenvalue weighted by Gasteiger charge is -2.06. The summed E-state index contributed by atoms with van der Waals surface area (Å²) in [5.41, 5.74) is 1.11. The van der Waals surface area contributed by atoms with Crippen molar-refractivity contribution in [3.63, 3.8) is 0 Å². The van der Waals surface area contributed by atoms with Crippen molar-refractivity contribution < 1.29 is 0 Å². The van der Waals surface area contributed by atoms with Gasteiger partial charge in [-0.1, -0.05) is 51.9 Å². The van der Waals surface area contributed by atoms with Crippen molar-refractivity contribution in [3.05, 3.63) is 33.8 Å². The van der Waals surface area contributed by atoms with Crippen LogP contribution >= 0.6 is 45.8 Å². The van der Waals surface area contributed by atoms with E-state index in [2.05, 4.69) is 27.9 Å². The zero-order chi connectivity index (χ0) is 11.1. The van der Waals surface area contributed by atoms with Crippen LogP contribution in [0.5, 0.6) is 0 Å². The minimum atomic E-state index is 0.689. The quantitative estimate of drug-likeness (QED) is 0.454. The van der Waals surface area contributed by atoms with E-state index in [9.17, 15) is 0 Å². The highest BCUT2D eigenvalue weighted by atomic mass is 127. The fourth-order valence-corrected chi connectivity index (χ4v) is 2.25. The normalized spacial score (nSPS) is 10.6. The Bertz CT molecular complexity index is 305. The van der Waals surface area contributed by atoms with Crippen molar-refractivity contribution in [2.75, 3.05) is 11.0 Å². The van der Waals surface area contributed by atoms with Crippen LogP contribution < -0.4 is 5.32 Å². The maximum atomic E-state index is 6.04. The molecule has 0 heterocycles. The predicted octanol–water partition coefficient (Wildman–Crippen LogP) is 4.30. The molecule has 0 aliphatic carbocycles. The molecule has 0 bridgehead atoms. The molecule has 0 atom stereocenters. The summed E-state index contributed by atoms with van der Waals surface area (Å²) in [5.74, 6) is 0. The first kappa shape index (κ1) is 13.6. The number of nitrogens with one attached hydrogen (secondary N) is 1. The Morgan fingerprint density at radius 3 is 2.67 bits per heavy atom. The van der Waals surface area contributed by atoms with Gasteiger partial charge in [-0.3, -0.25) is 0 Å². The molecule has 1 N–H and O–H groups in total. The molecule has 1 aromatic rings. The molecule has 0 aliphatic heterocycles. The van der Waals surface area contributed by atoms with Crippen molar-refractivity contribution in [1.29, 1.82) is 0 Å². The molecule has 0 unspecified atom stereocenters. The molecule has 0 spiro atoms. The molecule has 1 aromatic carbocycles. The molecule has 15 heavy (non-hydrogen) atoms.